The normalized spacial score (nSPS) is 24.0. The molecule has 0 heterocycles. The quantitative estimate of drug-likeness (QED) is 0.727. The zero-order chi connectivity index (χ0) is 15.2. The maximum absolute atomic E-state index is 13.2. The minimum atomic E-state index is -0.174. The Balaban J connectivity index is 1.94. The predicted octanol–water partition coefficient (Wildman–Crippen LogP) is 5.33. The van der Waals surface area contributed by atoms with Crippen LogP contribution in [0.3, 0.4) is 0 Å². The Hall–Kier alpha value is -0.410. The lowest BCUT2D eigenvalue weighted by Gasteiger charge is -2.34. The summed E-state index contributed by atoms with van der Waals surface area (Å²) in [6.07, 6.45) is 9.08. The van der Waals surface area contributed by atoms with Crippen LogP contribution in [-0.4, -0.2) is 13.1 Å². The fourth-order valence-electron chi connectivity index (χ4n) is 3.72. The molecule has 0 aromatic heterocycles. The first-order valence-electron chi connectivity index (χ1n) is 8.25. The van der Waals surface area contributed by atoms with Gasteiger partial charge in [-0.25, -0.2) is 4.39 Å². The molecule has 1 saturated carbocycles. The lowest BCUT2D eigenvalue weighted by molar-refractivity contribution is 0.217. The standard InChI is InChI=1S/C18H27BrFN/c1-3-4-13-5-7-14(8-6-13)18(21-2)11-15-9-10-16(20)12-17(15)19/h9-10,12-14,18,21H,3-8,11H2,1-2H3. The van der Waals surface area contributed by atoms with E-state index >= 15 is 0 Å². The van der Waals surface area contributed by atoms with Crippen LogP contribution in [0.25, 0.3) is 0 Å². The molecule has 1 aromatic carbocycles. The van der Waals surface area contributed by atoms with Crippen LogP contribution in [0.15, 0.2) is 22.7 Å². The summed E-state index contributed by atoms with van der Waals surface area (Å²) in [5.41, 5.74) is 1.20. The third-order valence-corrected chi connectivity index (χ3v) is 5.72. The number of halogens is 2. The topological polar surface area (TPSA) is 12.0 Å². The average Bonchev–Trinajstić information content (AvgIpc) is 2.48. The molecule has 0 radical (unpaired) electrons. The molecule has 1 nitrogen and oxygen atoms in total. The molecule has 1 fully saturated rings. The van der Waals surface area contributed by atoms with Crippen LogP contribution in [0.1, 0.15) is 51.0 Å². The first kappa shape index (κ1) is 17.0. The van der Waals surface area contributed by atoms with Crippen molar-refractivity contribution in [1.29, 1.82) is 0 Å². The van der Waals surface area contributed by atoms with Gasteiger partial charge in [-0.05, 0) is 55.8 Å². The number of rotatable bonds is 6. The maximum atomic E-state index is 13.2. The molecule has 0 spiro atoms. The van der Waals surface area contributed by atoms with Crippen LogP contribution in [0.2, 0.25) is 0 Å². The van der Waals surface area contributed by atoms with E-state index in [4.69, 9.17) is 0 Å². The van der Waals surface area contributed by atoms with Crippen molar-refractivity contribution >= 4 is 15.9 Å². The largest absolute Gasteiger partial charge is 0.316 e. The molecular weight excluding hydrogens is 329 g/mol. The van der Waals surface area contributed by atoms with Gasteiger partial charge in [-0.15, -0.1) is 0 Å². The van der Waals surface area contributed by atoms with Gasteiger partial charge in [-0.1, -0.05) is 54.6 Å². The number of benzene rings is 1. The van der Waals surface area contributed by atoms with E-state index in [2.05, 4.69) is 35.2 Å². The smallest absolute Gasteiger partial charge is 0.124 e. The third kappa shape index (κ3) is 4.79. The third-order valence-electron chi connectivity index (χ3n) is 4.98. The molecule has 1 atom stereocenters. The van der Waals surface area contributed by atoms with Crippen molar-refractivity contribution in [3.05, 3.63) is 34.1 Å². The van der Waals surface area contributed by atoms with Gasteiger partial charge in [0.25, 0.3) is 0 Å². The predicted molar refractivity (Wildman–Crippen MR) is 91.0 cm³/mol. The molecule has 2 rings (SSSR count). The van der Waals surface area contributed by atoms with E-state index in [1.54, 1.807) is 12.1 Å². The summed E-state index contributed by atoms with van der Waals surface area (Å²) in [7, 11) is 2.06. The molecule has 21 heavy (non-hydrogen) atoms. The second-order valence-electron chi connectivity index (χ2n) is 6.40. The van der Waals surface area contributed by atoms with E-state index in [1.165, 1.54) is 44.1 Å². The van der Waals surface area contributed by atoms with Crippen LogP contribution in [0.5, 0.6) is 0 Å². The van der Waals surface area contributed by atoms with Crippen molar-refractivity contribution in [2.24, 2.45) is 11.8 Å². The Kier molecular flexibility index (Phi) is 6.69. The second-order valence-corrected chi connectivity index (χ2v) is 7.26. The van der Waals surface area contributed by atoms with Gasteiger partial charge in [0.1, 0.15) is 5.82 Å². The van der Waals surface area contributed by atoms with Crippen LogP contribution >= 0.6 is 15.9 Å². The Morgan fingerprint density at radius 1 is 1.29 bits per heavy atom. The van der Waals surface area contributed by atoms with Gasteiger partial charge < -0.3 is 5.32 Å². The van der Waals surface area contributed by atoms with E-state index in [1.807, 2.05) is 6.07 Å². The van der Waals surface area contributed by atoms with E-state index in [9.17, 15) is 4.39 Å². The Labute approximate surface area is 136 Å². The Morgan fingerprint density at radius 3 is 2.57 bits per heavy atom. The lowest BCUT2D eigenvalue weighted by Crippen LogP contribution is -2.37. The Bertz CT molecular complexity index is 441. The average molecular weight is 356 g/mol. The minimum Gasteiger partial charge on any atom is -0.316 e. The summed E-state index contributed by atoms with van der Waals surface area (Å²) < 4.78 is 14.1. The summed E-state index contributed by atoms with van der Waals surface area (Å²) in [6, 6.07) is 5.53. The van der Waals surface area contributed by atoms with Crippen molar-refractivity contribution in [3.8, 4) is 0 Å². The van der Waals surface area contributed by atoms with Crippen LogP contribution in [0, 0.1) is 17.7 Å². The molecule has 0 saturated heterocycles. The zero-order valence-corrected chi connectivity index (χ0v) is 14.8. The van der Waals surface area contributed by atoms with E-state index in [0.29, 0.717) is 6.04 Å². The van der Waals surface area contributed by atoms with Gasteiger partial charge in [0.2, 0.25) is 0 Å². The number of hydrogen-bond acceptors (Lipinski definition) is 1. The molecule has 1 aromatic rings. The van der Waals surface area contributed by atoms with Gasteiger partial charge in [0.05, 0.1) is 0 Å². The highest BCUT2D eigenvalue weighted by Crippen LogP contribution is 2.34. The van der Waals surface area contributed by atoms with Crippen molar-refractivity contribution < 1.29 is 4.39 Å². The lowest BCUT2D eigenvalue weighted by atomic mass is 9.76. The molecular formula is C18H27BrFN. The van der Waals surface area contributed by atoms with Crippen molar-refractivity contribution in [3.63, 3.8) is 0 Å². The van der Waals surface area contributed by atoms with Gasteiger partial charge in [-0.2, -0.15) is 0 Å². The zero-order valence-electron chi connectivity index (χ0n) is 13.2. The molecule has 1 aliphatic carbocycles. The summed E-state index contributed by atoms with van der Waals surface area (Å²) >= 11 is 3.49. The second kappa shape index (κ2) is 8.28. The monoisotopic (exact) mass is 355 g/mol. The van der Waals surface area contributed by atoms with Crippen LogP contribution in [-0.2, 0) is 6.42 Å². The number of hydrogen-bond donors (Lipinski definition) is 1. The molecule has 118 valence electrons. The number of nitrogens with one attached hydrogen (secondary N) is 1. The summed E-state index contributed by atoms with van der Waals surface area (Å²) in [4.78, 5) is 0. The SMILES string of the molecule is CCCC1CCC(C(Cc2ccc(F)cc2Br)NC)CC1. The Morgan fingerprint density at radius 2 is 2.00 bits per heavy atom. The van der Waals surface area contributed by atoms with Crippen LogP contribution in [0.4, 0.5) is 4.39 Å². The fraction of sp³-hybridized carbons (Fsp3) is 0.667. The highest BCUT2D eigenvalue weighted by Gasteiger charge is 2.26. The highest BCUT2D eigenvalue weighted by atomic mass is 79.9. The summed E-state index contributed by atoms with van der Waals surface area (Å²) in [5.74, 6) is 1.52. The highest BCUT2D eigenvalue weighted by molar-refractivity contribution is 9.10. The van der Waals surface area contributed by atoms with Gasteiger partial charge in [-0.3, -0.25) is 0 Å². The van der Waals surface area contributed by atoms with E-state index in [0.717, 1.165) is 22.7 Å². The molecule has 0 bridgehead atoms. The fourth-order valence-corrected chi connectivity index (χ4v) is 4.23. The van der Waals surface area contributed by atoms with Gasteiger partial charge in [0, 0.05) is 10.5 Å². The first-order chi connectivity index (χ1) is 10.1. The van der Waals surface area contributed by atoms with Crippen molar-refractivity contribution in [1.82, 2.24) is 5.32 Å². The molecule has 3 heteroatoms. The molecule has 1 unspecified atom stereocenters. The number of likely N-dealkylation sites (N-methyl/N-ethyl adjacent to an activating group) is 1. The van der Waals surface area contributed by atoms with Crippen molar-refractivity contribution in [2.45, 2.75) is 57.9 Å². The van der Waals surface area contributed by atoms with Crippen molar-refractivity contribution in [2.75, 3.05) is 7.05 Å². The summed E-state index contributed by atoms with van der Waals surface area (Å²) in [5, 5.41) is 3.49. The maximum Gasteiger partial charge on any atom is 0.124 e. The summed E-state index contributed by atoms with van der Waals surface area (Å²) in [6.45, 7) is 2.29. The molecule has 1 N–H and O–H groups in total. The molecule has 0 amide bonds. The van der Waals surface area contributed by atoms with Gasteiger partial charge >= 0.3 is 0 Å². The first-order valence-corrected chi connectivity index (χ1v) is 9.04. The van der Waals surface area contributed by atoms with Crippen LogP contribution < -0.4 is 5.32 Å². The van der Waals surface area contributed by atoms with E-state index in [-0.39, 0.29) is 5.82 Å². The van der Waals surface area contributed by atoms with Gasteiger partial charge in [0.15, 0.2) is 0 Å². The minimum absolute atomic E-state index is 0.174. The molecule has 0 aliphatic heterocycles. The molecule has 1 aliphatic rings. The van der Waals surface area contributed by atoms with E-state index < -0.39 is 0 Å².